The van der Waals surface area contributed by atoms with Crippen LogP contribution in [0.4, 0.5) is 0 Å². The molecular formula is C15H22N2O3. The number of aromatic amines is 1. The van der Waals surface area contributed by atoms with Crippen LogP contribution < -0.4 is 0 Å². The van der Waals surface area contributed by atoms with E-state index in [4.69, 9.17) is 9.47 Å². The smallest absolute Gasteiger partial charge is 0.309 e. The van der Waals surface area contributed by atoms with E-state index in [0.29, 0.717) is 19.1 Å². The molecule has 110 valence electrons. The van der Waals surface area contributed by atoms with Gasteiger partial charge in [0, 0.05) is 18.0 Å². The van der Waals surface area contributed by atoms with Crippen molar-refractivity contribution < 1.29 is 14.3 Å². The van der Waals surface area contributed by atoms with Crippen molar-refractivity contribution in [3.63, 3.8) is 0 Å². The first kappa shape index (κ1) is 13.6. The van der Waals surface area contributed by atoms with Gasteiger partial charge >= 0.3 is 5.97 Å². The minimum absolute atomic E-state index is 0.0594. The average Bonchev–Trinajstić information content (AvgIpc) is 3.06. The largest absolute Gasteiger partial charge is 0.460 e. The third kappa shape index (κ3) is 2.46. The topological polar surface area (TPSA) is 64.2 Å². The molecule has 5 heteroatoms. The van der Waals surface area contributed by atoms with Crippen LogP contribution in [-0.4, -0.2) is 35.3 Å². The van der Waals surface area contributed by atoms with Crippen molar-refractivity contribution in [3.8, 4) is 0 Å². The van der Waals surface area contributed by atoms with Crippen LogP contribution in [0.5, 0.6) is 0 Å². The summed E-state index contributed by atoms with van der Waals surface area (Å²) in [6, 6.07) is 0. The molecule has 2 heterocycles. The second kappa shape index (κ2) is 5.56. The summed E-state index contributed by atoms with van der Waals surface area (Å²) in [7, 11) is 0. The molecule has 0 amide bonds. The molecule has 1 fully saturated rings. The molecule has 0 aromatic carbocycles. The number of imidazole rings is 1. The SMILES string of the molecule is CC(C)[C@H]1c2nc[nH]c2CCC1C(=O)O[C@H]1CCOC1. The summed E-state index contributed by atoms with van der Waals surface area (Å²) in [5, 5.41) is 0. The zero-order valence-electron chi connectivity index (χ0n) is 12.1. The molecular weight excluding hydrogens is 256 g/mol. The van der Waals surface area contributed by atoms with Gasteiger partial charge in [-0.2, -0.15) is 0 Å². The first-order valence-electron chi connectivity index (χ1n) is 7.47. The zero-order valence-corrected chi connectivity index (χ0v) is 12.1. The lowest BCUT2D eigenvalue weighted by molar-refractivity contribution is -0.156. The molecule has 0 bridgehead atoms. The van der Waals surface area contributed by atoms with E-state index < -0.39 is 0 Å². The number of carbonyl (C=O) groups is 1. The number of ether oxygens (including phenoxy) is 2. The van der Waals surface area contributed by atoms with Crippen LogP contribution in [0.2, 0.25) is 0 Å². The molecule has 2 aliphatic rings. The molecule has 1 aliphatic heterocycles. The summed E-state index contributed by atoms with van der Waals surface area (Å²) in [6.07, 6.45) is 4.21. The van der Waals surface area contributed by atoms with Crippen molar-refractivity contribution in [2.75, 3.05) is 13.2 Å². The third-order valence-corrected chi connectivity index (χ3v) is 4.40. The van der Waals surface area contributed by atoms with Gasteiger partial charge in [0.05, 0.1) is 31.2 Å². The van der Waals surface area contributed by atoms with Crippen molar-refractivity contribution in [3.05, 3.63) is 17.7 Å². The standard InChI is InChI=1S/C15H22N2O3/c1-9(2)13-11(3-4-12-14(13)17-8-16-12)15(18)20-10-5-6-19-7-10/h8-11,13H,3-7H2,1-2H3,(H,16,17)/t10-,11?,13+/m0/s1. The predicted octanol–water partition coefficient (Wildman–Crippen LogP) is 2.04. The Hall–Kier alpha value is -1.36. The first-order valence-corrected chi connectivity index (χ1v) is 7.47. The summed E-state index contributed by atoms with van der Waals surface area (Å²) in [6.45, 7) is 5.53. The zero-order chi connectivity index (χ0) is 14.1. The summed E-state index contributed by atoms with van der Waals surface area (Å²) < 4.78 is 10.9. The van der Waals surface area contributed by atoms with E-state index in [1.54, 1.807) is 6.33 Å². The highest BCUT2D eigenvalue weighted by molar-refractivity contribution is 5.74. The van der Waals surface area contributed by atoms with Gasteiger partial charge in [0.15, 0.2) is 0 Å². The van der Waals surface area contributed by atoms with E-state index in [0.717, 1.165) is 25.0 Å². The van der Waals surface area contributed by atoms with Crippen LogP contribution in [-0.2, 0) is 20.7 Å². The normalized spacial score (nSPS) is 29.4. The van der Waals surface area contributed by atoms with E-state index in [-0.39, 0.29) is 23.9 Å². The maximum absolute atomic E-state index is 12.5. The van der Waals surface area contributed by atoms with E-state index in [1.807, 2.05) is 0 Å². The number of rotatable bonds is 3. The molecule has 0 saturated carbocycles. The first-order chi connectivity index (χ1) is 9.66. The predicted molar refractivity (Wildman–Crippen MR) is 73.3 cm³/mol. The lowest BCUT2D eigenvalue weighted by atomic mass is 9.74. The molecule has 0 spiro atoms. The molecule has 0 radical (unpaired) electrons. The fraction of sp³-hybridized carbons (Fsp3) is 0.733. The minimum Gasteiger partial charge on any atom is -0.460 e. The van der Waals surface area contributed by atoms with E-state index in [1.165, 1.54) is 5.69 Å². The number of nitrogens with one attached hydrogen (secondary N) is 1. The lowest BCUT2D eigenvalue weighted by Gasteiger charge is -2.32. The number of fused-ring (bicyclic) bond motifs is 1. The van der Waals surface area contributed by atoms with Gasteiger partial charge < -0.3 is 14.5 Å². The molecule has 1 saturated heterocycles. The fourth-order valence-electron chi connectivity index (χ4n) is 3.39. The van der Waals surface area contributed by atoms with Crippen molar-refractivity contribution in [1.29, 1.82) is 0 Å². The molecule has 5 nitrogen and oxygen atoms in total. The van der Waals surface area contributed by atoms with Crippen LogP contribution in [0, 0.1) is 11.8 Å². The Morgan fingerprint density at radius 2 is 2.35 bits per heavy atom. The highest BCUT2D eigenvalue weighted by Gasteiger charge is 2.39. The highest BCUT2D eigenvalue weighted by atomic mass is 16.6. The third-order valence-electron chi connectivity index (χ3n) is 4.40. The van der Waals surface area contributed by atoms with Gasteiger partial charge in [-0.15, -0.1) is 0 Å². The average molecular weight is 278 g/mol. The Morgan fingerprint density at radius 3 is 3.05 bits per heavy atom. The Bertz CT molecular complexity index is 477. The Labute approximate surface area is 119 Å². The fourth-order valence-corrected chi connectivity index (χ4v) is 3.39. The van der Waals surface area contributed by atoms with Crippen LogP contribution in [0.3, 0.4) is 0 Å². The van der Waals surface area contributed by atoms with Gasteiger partial charge in [-0.05, 0) is 18.8 Å². The number of hydrogen-bond donors (Lipinski definition) is 1. The van der Waals surface area contributed by atoms with E-state index in [2.05, 4.69) is 23.8 Å². The van der Waals surface area contributed by atoms with Gasteiger partial charge in [0.2, 0.25) is 0 Å². The van der Waals surface area contributed by atoms with Crippen molar-refractivity contribution in [2.24, 2.45) is 11.8 Å². The van der Waals surface area contributed by atoms with Gasteiger partial charge in [-0.1, -0.05) is 13.8 Å². The number of esters is 1. The number of aromatic nitrogens is 2. The lowest BCUT2D eigenvalue weighted by Crippen LogP contribution is -2.34. The van der Waals surface area contributed by atoms with E-state index >= 15 is 0 Å². The van der Waals surface area contributed by atoms with Gasteiger partial charge in [0.25, 0.3) is 0 Å². The minimum atomic E-state index is -0.0774. The van der Waals surface area contributed by atoms with Crippen LogP contribution in [0.15, 0.2) is 6.33 Å². The van der Waals surface area contributed by atoms with Crippen LogP contribution in [0.25, 0.3) is 0 Å². The van der Waals surface area contributed by atoms with Gasteiger partial charge in [-0.3, -0.25) is 4.79 Å². The quantitative estimate of drug-likeness (QED) is 0.859. The van der Waals surface area contributed by atoms with Crippen molar-refractivity contribution in [2.45, 2.75) is 45.1 Å². The van der Waals surface area contributed by atoms with Crippen LogP contribution in [0.1, 0.15) is 44.0 Å². The monoisotopic (exact) mass is 278 g/mol. The molecule has 1 N–H and O–H groups in total. The number of carbonyl (C=O) groups excluding carboxylic acids is 1. The van der Waals surface area contributed by atoms with Crippen molar-refractivity contribution in [1.82, 2.24) is 9.97 Å². The molecule has 20 heavy (non-hydrogen) atoms. The highest BCUT2D eigenvalue weighted by Crippen LogP contribution is 2.40. The second-order valence-corrected chi connectivity index (χ2v) is 6.10. The van der Waals surface area contributed by atoms with Gasteiger partial charge in [-0.25, -0.2) is 4.98 Å². The summed E-state index contributed by atoms with van der Waals surface area (Å²) >= 11 is 0. The Kier molecular flexibility index (Phi) is 3.78. The molecule has 1 aromatic rings. The molecule has 3 rings (SSSR count). The summed E-state index contributed by atoms with van der Waals surface area (Å²) in [4.78, 5) is 20.1. The number of hydrogen-bond acceptors (Lipinski definition) is 4. The second-order valence-electron chi connectivity index (χ2n) is 6.10. The molecule has 1 aliphatic carbocycles. The summed E-state index contributed by atoms with van der Waals surface area (Å²) in [5.74, 6) is 0.369. The number of nitrogens with zero attached hydrogens (tertiary/aromatic N) is 1. The maximum Gasteiger partial charge on any atom is 0.309 e. The molecule has 3 atom stereocenters. The number of aryl methyl sites for hydroxylation is 1. The number of H-pyrrole nitrogens is 1. The molecule has 1 aromatic heterocycles. The maximum atomic E-state index is 12.5. The van der Waals surface area contributed by atoms with E-state index in [9.17, 15) is 4.79 Å². The Balaban J connectivity index is 1.76. The van der Waals surface area contributed by atoms with Gasteiger partial charge in [0.1, 0.15) is 6.10 Å². The summed E-state index contributed by atoms with van der Waals surface area (Å²) in [5.41, 5.74) is 2.23. The van der Waals surface area contributed by atoms with Crippen molar-refractivity contribution >= 4 is 5.97 Å². The van der Waals surface area contributed by atoms with Crippen LogP contribution >= 0.6 is 0 Å². The molecule has 1 unspecified atom stereocenters. The Morgan fingerprint density at radius 1 is 1.50 bits per heavy atom.